The number of carbonyl (C=O) groups excluding carboxylic acids is 1. The van der Waals surface area contributed by atoms with Crippen molar-refractivity contribution in [2.24, 2.45) is 0 Å². The first-order valence-electron chi connectivity index (χ1n) is 8.61. The molecule has 142 valence electrons. The predicted molar refractivity (Wildman–Crippen MR) is 109 cm³/mol. The maximum atomic E-state index is 12.6. The SMILES string of the molecule is Cc1cc2oc(C(=O)NCc3cc(-c4ccc(Cl)cc4)no3)c(C)c2cc1Cl. The van der Waals surface area contributed by atoms with Crippen LogP contribution in [-0.2, 0) is 6.54 Å². The molecule has 28 heavy (non-hydrogen) atoms. The fourth-order valence-electron chi connectivity index (χ4n) is 2.96. The van der Waals surface area contributed by atoms with Crippen LogP contribution in [0.15, 0.2) is 51.4 Å². The van der Waals surface area contributed by atoms with E-state index in [0.29, 0.717) is 27.1 Å². The average Bonchev–Trinajstić information content (AvgIpc) is 3.27. The highest BCUT2D eigenvalue weighted by Crippen LogP contribution is 2.30. The molecule has 0 saturated heterocycles. The third-order valence-electron chi connectivity index (χ3n) is 4.55. The van der Waals surface area contributed by atoms with E-state index in [9.17, 15) is 4.79 Å². The standard InChI is InChI=1S/C21H16Cl2N2O3/c1-11-7-19-16(9-17(11)23)12(2)20(27-19)21(26)24-10-15-8-18(25-28-15)13-3-5-14(22)6-4-13/h3-9H,10H2,1-2H3,(H,24,26). The van der Waals surface area contributed by atoms with Crippen molar-refractivity contribution in [3.05, 3.63) is 75.2 Å². The van der Waals surface area contributed by atoms with E-state index < -0.39 is 0 Å². The molecule has 5 nitrogen and oxygen atoms in total. The van der Waals surface area contributed by atoms with Gasteiger partial charge in [-0.15, -0.1) is 0 Å². The summed E-state index contributed by atoms with van der Waals surface area (Å²) in [6, 6.07) is 12.7. The molecule has 2 heterocycles. The zero-order chi connectivity index (χ0) is 19.8. The highest BCUT2D eigenvalue weighted by Gasteiger charge is 2.19. The number of furan rings is 1. The number of benzene rings is 2. The number of amides is 1. The topological polar surface area (TPSA) is 68.3 Å². The highest BCUT2D eigenvalue weighted by atomic mass is 35.5. The summed E-state index contributed by atoms with van der Waals surface area (Å²) in [6.45, 7) is 3.91. The lowest BCUT2D eigenvalue weighted by Gasteiger charge is -2.00. The van der Waals surface area contributed by atoms with Gasteiger partial charge in [0.25, 0.3) is 5.91 Å². The molecule has 0 atom stereocenters. The van der Waals surface area contributed by atoms with Gasteiger partial charge in [-0.1, -0.05) is 40.5 Å². The second kappa shape index (κ2) is 7.34. The molecule has 0 bridgehead atoms. The van der Waals surface area contributed by atoms with Gasteiger partial charge in [-0.3, -0.25) is 4.79 Å². The van der Waals surface area contributed by atoms with E-state index in [2.05, 4.69) is 10.5 Å². The Labute approximate surface area is 171 Å². The summed E-state index contributed by atoms with van der Waals surface area (Å²) in [5.41, 5.74) is 3.83. The van der Waals surface area contributed by atoms with Crippen molar-refractivity contribution in [3.63, 3.8) is 0 Å². The molecule has 0 fully saturated rings. The molecule has 0 aliphatic carbocycles. The first-order chi connectivity index (χ1) is 13.4. The van der Waals surface area contributed by atoms with Crippen LogP contribution >= 0.6 is 23.2 Å². The second-order valence-electron chi connectivity index (χ2n) is 6.52. The van der Waals surface area contributed by atoms with Crippen molar-refractivity contribution >= 4 is 40.1 Å². The van der Waals surface area contributed by atoms with Gasteiger partial charge in [-0.25, -0.2) is 0 Å². The molecule has 0 aliphatic heterocycles. The number of hydrogen-bond donors (Lipinski definition) is 1. The maximum Gasteiger partial charge on any atom is 0.287 e. The van der Waals surface area contributed by atoms with Gasteiger partial charge in [0.2, 0.25) is 0 Å². The molecular formula is C21H16Cl2N2O3. The van der Waals surface area contributed by atoms with Crippen LogP contribution < -0.4 is 5.32 Å². The average molecular weight is 415 g/mol. The fourth-order valence-corrected chi connectivity index (χ4v) is 3.25. The summed E-state index contributed by atoms with van der Waals surface area (Å²) < 4.78 is 11.1. The van der Waals surface area contributed by atoms with E-state index in [1.54, 1.807) is 18.2 Å². The van der Waals surface area contributed by atoms with Crippen LogP contribution in [-0.4, -0.2) is 11.1 Å². The fraction of sp³-hybridized carbons (Fsp3) is 0.143. The maximum absolute atomic E-state index is 12.6. The lowest BCUT2D eigenvalue weighted by Crippen LogP contribution is -2.22. The Bertz CT molecular complexity index is 1180. The van der Waals surface area contributed by atoms with Gasteiger partial charge in [0.1, 0.15) is 11.3 Å². The molecular weight excluding hydrogens is 399 g/mol. The van der Waals surface area contributed by atoms with Crippen LogP contribution in [0.25, 0.3) is 22.2 Å². The summed E-state index contributed by atoms with van der Waals surface area (Å²) in [6.07, 6.45) is 0. The molecule has 4 aromatic rings. The van der Waals surface area contributed by atoms with Crippen LogP contribution in [0.3, 0.4) is 0 Å². The quantitative estimate of drug-likeness (QED) is 0.448. The van der Waals surface area contributed by atoms with Crippen molar-refractivity contribution in [2.45, 2.75) is 20.4 Å². The zero-order valence-corrected chi connectivity index (χ0v) is 16.7. The lowest BCUT2D eigenvalue weighted by atomic mass is 10.1. The third-order valence-corrected chi connectivity index (χ3v) is 5.20. The summed E-state index contributed by atoms with van der Waals surface area (Å²) in [4.78, 5) is 12.6. The summed E-state index contributed by atoms with van der Waals surface area (Å²) in [5.74, 6) is 0.465. The Morgan fingerprint density at radius 2 is 1.86 bits per heavy atom. The van der Waals surface area contributed by atoms with Gasteiger partial charge in [-0.2, -0.15) is 0 Å². The Morgan fingerprint density at radius 1 is 1.11 bits per heavy atom. The highest BCUT2D eigenvalue weighted by molar-refractivity contribution is 6.32. The minimum absolute atomic E-state index is 0.190. The number of nitrogens with zero attached hydrogens (tertiary/aromatic N) is 1. The molecule has 0 spiro atoms. The van der Waals surface area contributed by atoms with Crippen LogP contribution in [0, 0.1) is 13.8 Å². The van der Waals surface area contributed by atoms with Crippen LogP contribution in [0.5, 0.6) is 0 Å². The molecule has 1 N–H and O–H groups in total. The molecule has 7 heteroatoms. The number of carbonyl (C=O) groups is 1. The van der Waals surface area contributed by atoms with E-state index in [1.165, 1.54) is 0 Å². The summed E-state index contributed by atoms with van der Waals surface area (Å²) >= 11 is 12.1. The molecule has 0 aliphatic rings. The third kappa shape index (κ3) is 3.51. The van der Waals surface area contributed by atoms with Crippen LogP contribution in [0.1, 0.15) is 27.4 Å². The molecule has 0 radical (unpaired) electrons. The first-order valence-corrected chi connectivity index (χ1v) is 9.37. The monoisotopic (exact) mass is 414 g/mol. The summed E-state index contributed by atoms with van der Waals surface area (Å²) in [5, 5.41) is 8.94. The number of rotatable bonds is 4. The smallest absolute Gasteiger partial charge is 0.287 e. The normalized spacial score (nSPS) is 11.1. The Morgan fingerprint density at radius 3 is 2.61 bits per heavy atom. The van der Waals surface area contributed by atoms with Crippen molar-refractivity contribution in [3.8, 4) is 11.3 Å². The Hall–Kier alpha value is -2.76. The van der Waals surface area contributed by atoms with Crippen LogP contribution in [0.2, 0.25) is 10.0 Å². The molecule has 1 amide bonds. The molecule has 0 unspecified atom stereocenters. The number of fused-ring (bicyclic) bond motifs is 1. The first kappa shape index (κ1) is 18.6. The zero-order valence-electron chi connectivity index (χ0n) is 15.2. The number of aryl methyl sites for hydroxylation is 2. The molecule has 2 aromatic carbocycles. The Kier molecular flexibility index (Phi) is 4.87. The van der Waals surface area contributed by atoms with Gasteiger partial charge in [-0.05, 0) is 43.7 Å². The number of hydrogen-bond acceptors (Lipinski definition) is 4. The van der Waals surface area contributed by atoms with Gasteiger partial charge in [0, 0.05) is 32.6 Å². The molecule has 4 rings (SSSR count). The molecule has 2 aromatic heterocycles. The van der Waals surface area contributed by atoms with Gasteiger partial charge in [0.05, 0.1) is 6.54 Å². The van der Waals surface area contributed by atoms with Gasteiger partial charge >= 0.3 is 0 Å². The van der Waals surface area contributed by atoms with E-state index in [0.717, 1.165) is 22.1 Å². The van der Waals surface area contributed by atoms with Gasteiger partial charge in [0.15, 0.2) is 11.5 Å². The minimum Gasteiger partial charge on any atom is -0.451 e. The van der Waals surface area contributed by atoms with Crippen molar-refractivity contribution < 1.29 is 13.7 Å². The minimum atomic E-state index is -0.327. The number of halogens is 2. The summed E-state index contributed by atoms with van der Waals surface area (Å²) in [7, 11) is 0. The van der Waals surface area contributed by atoms with Crippen LogP contribution in [0.4, 0.5) is 0 Å². The van der Waals surface area contributed by atoms with E-state index in [1.807, 2.05) is 38.1 Å². The van der Waals surface area contributed by atoms with Crippen molar-refractivity contribution in [2.75, 3.05) is 0 Å². The predicted octanol–water partition coefficient (Wildman–Crippen LogP) is 5.94. The Balaban J connectivity index is 1.50. The number of nitrogens with one attached hydrogen (secondary N) is 1. The molecule has 0 saturated carbocycles. The van der Waals surface area contributed by atoms with E-state index >= 15 is 0 Å². The van der Waals surface area contributed by atoms with Crippen molar-refractivity contribution in [1.29, 1.82) is 0 Å². The number of aromatic nitrogens is 1. The largest absolute Gasteiger partial charge is 0.451 e. The van der Waals surface area contributed by atoms with E-state index in [4.69, 9.17) is 32.1 Å². The lowest BCUT2D eigenvalue weighted by molar-refractivity contribution is 0.0920. The van der Waals surface area contributed by atoms with E-state index in [-0.39, 0.29) is 18.2 Å². The van der Waals surface area contributed by atoms with Crippen molar-refractivity contribution in [1.82, 2.24) is 10.5 Å². The second-order valence-corrected chi connectivity index (χ2v) is 7.37. The van der Waals surface area contributed by atoms with Gasteiger partial charge < -0.3 is 14.3 Å².